The highest BCUT2D eigenvalue weighted by molar-refractivity contribution is 7.79. The van der Waals surface area contributed by atoms with Crippen molar-refractivity contribution in [1.82, 2.24) is 4.98 Å². The summed E-state index contributed by atoms with van der Waals surface area (Å²) in [6.45, 7) is 0. The third kappa shape index (κ3) is 4.41. The number of fused-ring (bicyclic) bond motifs is 1. The van der Waals surface area contributed by atoms with Crippen LogP contribution in [0.2, 0.25) is 5.02 Å². The lowest BCUT2D eigenvalue weighted by Gasteiger charge is -1.99. The number of hydrogen-bond donors (Lipinski definition) is 3. The highest BCUT2D eigenvalue weighted by Crippen LogP contribution is 2.24. The third-order valence-electron chi connectivity index (χ3n) is 1.81. The second-order valence-corrected chi connectivity index (χ2v) is 4.38. The maximum absolute atomic E-state index is 12.9. The van der Waals surface area contributed by atoms with Crippen LogP contribution in [-0.2, 0) is 10.4 Å². The van der Waals surface area contributed by atoms with Gasteiger partial charge in [0.1, 0.15) is 5.82 Å². The van der Waals surface area contributed by atoms with Gasteiger partial charge in [-0.25, -0.2) is 4.39 Å². The van der Waals surface area contributed by atoms with E-state index in [1.807, 2.05) is 0 Å². The van der Waals surface area contributed by atoms with Crippen molar-refractivity contribution in [2.45, 2.75) is 0 Å². The zero-order valence-corrected chi connectivity index (χ0v) is 10.2. The Morgan fingerprint density at radius 1 is 1.28 bits per heavy atom. The Balaban J connectivity index is 0.000000280. The van der Waals surface area contributed by atoms with Crippen molar-refractivity contribution in [3.63, 3.8) is 0 Å². The van der Waals surface area contributed by atoms with Gasteiger partial charge in [-0.2, -0.15) is 8.42 Å². The molecule has 2 rings (SSSR count). The lowest BCUT2D eigenvalue weighted by molar-refractivity contribution is 0.381. The number of aromatic amines is 1. The molecule has 0 saturated heterocycles. The van der Waals surface area contributed by atoms with E-state index in [9.17, 15) is 9.18 Å². The molecule has 0 atom stereocenters. The Morgan fingerprint density at radius 2 is 1.83 bits per heavy atom. The summed E-state index contributed by atoms with van der Waals surface area (Å²) < 4.78 is 44.5. The highest BCUT2D eigenvalue weighted by Gasteiger charge is 2.04. The van der Waals surface area contributed by atoms with Crippen molar-refractivity contribution >= 4 is 32.8 Å². The summed E-state index contributed by atoms with van der Waals surface area (Å²) in [4.78, 5) is 13.3. The van der Waals surface area contributed by atoms with Gasteiger partial charge in [-0.05, 0) is 11.5 Å². The number of halogens is 2. The predicted octanol–water partition coefficient (Wildman–Crippen LogP) is 1.67. The van der Waals surface area contributed by atoms with E-state index in [1.165, 1.54) is 24.4 Å². The molecule has 2 aromatic rings. The largest absolute Gasteiger partial charge is 0.394 e. The second kappa shape index (κ2) is 5.44. The summed E-state index contributed by atoms with van der Waals surface area (Å²) in [5.74, 6) is -0.485. The van der Waals surface area contributed by atoms with Crippen LogP contribution in [0, 0.1) is 5.82 Å². The maximum atomic E-state index is 12.9. The van der Waals surface area contributed by atoms with Crippen LogP contribution in [0.15, 0.2) is 29.2 Å². The van der Waals surface area contributed by atoms with Gasteiger partial charge in [-0.15, -0.1) is 0 Å². The van der Waals surface area contributed by atoms with Gasteiger partial charge in [0.25, 0.3) is 0 Å². The lowest BCUT2D eigenvalue weighted by Crippen LogP contribution is -2.01. The average molecular weight is 296 g/mol. The van der Waals surface area contributed by atoms with Crippen LogP contribution in [-0.4, -0.2) is 22.5 Å². The quantitative estimate of drug-likeness (QED) is 0.641. The number of aromatic nitrogens is 1. The van der Waals surface area contributed by atoms with Gasteiger partial charge in [0.15, 0.2) is 0 Å². The SMILES string of the molecule is O=S(=O)(O)O.O=c1cc2ccc(F)c(Cl)c2c[nH]1. The first-order valence-corrected chi connectivity index (χ1v) is 6.12. The summed E-state index contributed by atoms with van der Waals surface area (Å²) in [5, 5.41) is 1.19. The Labute approximate surface area is 106 Å². The van der Waals surface area contributed by atoms with Gasteiger partial charge < -0.3 is 4.98 Å². The molecule has 1 aromatic carbocycles. The number of nitrogens with one attached hydrogen (secondary N) is 1. The normalized spacial score (nSPS) is 10.9. The maximum Gasteiger partial charge on any atom is 0.394 e. The predicted molar refractivity (Wildman–Crippen MR) is 63.7 cm³/mol. The number of hydrogen-bond acceptors (Lipinski definition) is 3. The highest BCUT2D eigenvalue weighted by atomic mass is 35.5. The molecule has 1 aromatic heterocycles. The van der Waals surface area contributed by atoms with Crippen molar-refractivity contribution < 1.29 is 21.9 Å². The van der Waals surface area contributed by atoms with E-state index in [0.717, 1.165) is 0 Å². The summed E-state index contributed by atoms with van der Waals surface area (Å²) in [5.41, 5.74) is -0.227. The van der Waals surface area contributed by atoms with Crippen molar-refractivity contribution in [2.24, 2.45) is 0 Å². The Bertz CT molecular complexity index is 719. The van der Waals surface area contributed by atoms with Crippen LogP contribution in [0.1, 0.15) is 0 Å². The molecule has 0 saturated carbocycles. The van der Waals surface area contributed by atoms with Crippen molar-refractivity contribution in [1.29, 1.82) is 0 Å². The molecule has 18 heavy (non-hydrogen) atoms. The minimum Gasteiger partial charge on any atom is -0.328 e. The molecule has 0 unspecified atom stereocenters. The van der Waals surface area contributed by atoms with Gasteiger partial charge >= 0.3 is 10.4 Å². The number of pyridine rings is 1. The molecule has 98 valence electrons. The second-order valence-electron chi connectivity index (χ2n) is 3.11. The molecule has 0 fully saturated rings. The first kappa shape index (κ1) is 14.6. The van der Waals surface area contributed by atoms with E-state index in [4.69, 9.17) is 29.1 Å². The molecule has 0 bridgehead atoms. The molecule has 0 aliphatic heterocycles. The van der Waals surface area contributed by atoms with Crippen LogP contribution in [0.5, 0.6) is 0 Å². The Hall–Kier alpha value is -1.48. The molecule has 6 nitrogen and oxygen atoms in total. The Kier molecular flexibility index (Phi) is 4.41. The molecule has 0 aliphatic rings. The topological polar surface area (TPSA) is 107 Å². The molecule has 3 N–H and O–H groups in total. The van der Waals surface area contributed by atoms with Crippen LogP contribution in [0.25, 0.3) is 10.8 Å². The molecule has 1 heterocycles. The summed E-state index contributed by atoms with van der Waals surface area (Å²) in [6.07, 6.45) is 1.41. The Morgan fingerprint density at radius 3 is 2.39 bits per heavy atom. The zero-order chi connectivity index (χ0) is 13.9. The van der Waals surface area contributed by atoms with Crippen LogP contribution >= 0.6 is 11.6 Å². The molecule has 0 amide bonds. The molecule has 0 spiro atoms. The van der Waals surface area contributed by atoms with Gasteiger partial charge in [0.2, 0.25) is 5.56 Å². The first-order valence-electron chi connectivity index (χ1n) is 4.35. The van der Waals surface area contributed by atoms with Crippen molar-refractivity contribution in [2.75, 3.05) is 0 Å². The minimum atomic E-state index is -4.67. The molecule has 9 heteroatoms. The van der Waals surface area contributed by atoms with E-state index in [-0.39, 0.29) is 10.6 Å². The molecule has 0 radical (unpaired) electrons. The summed E-state index contributed by atoms with van der Waals surface area (Å²) in [6, 6.07) is 4.14. The fourth-order valence-corrected chi connectivity index (χ4v) is 1.41. The van der Waals surface area contributed by atoms with E-state index in [0.29, 0.717) is 10.8 Å². The molecular formula is C9H7ClFNO5S. The van der Waals surface area contributed by atoms with Crippen LogP contribution < -0.4 is 5.56 Å². The van der Waals surface area contributed by atoms with Gasteiger partial charge in [-0.1, -0.05) is 17.7 Å². The van der Waals surface area contributed by atoms with E-state index in [2.05, 4.69) is 4.98 Å². The number of H-pyrrole nitrogens is 1. The van der Waals surface area contributed by atoms with Crippen LogP contribution in [0.3, 0.4) is 0 Å². The molecular weight excluding hydrogens is 289 g/mol. The number of benzene rings is 1. The van der Waals surface area contributed by atoms with Crippen molar-refractivity contribution in [3.05, 3.63) is 45.6 Å². The lowest BCUT2D eigenvalue weighted by atomic mass is 10.2. The average Bonchev–Trinajstić information content (AvgIpc) is 2.21. The summed E-state index contributed by atoms with van der Waals surface area (Å²) >= 11 is 5.68. The van der Waals surface area contributed by atoms with Crippen molar-refractivity contribution in [3.8, 4) is 0 Å². The van der Waals surface area contributed by atoms with Gasteiger partial charge in [0, 0.05) is 17.6 Å². The van der Waals surface area contributed by atoms with E-state index >= 15 is 0 Å². The fourth-order valence-electron chi connectivity index (χ4n) is 1.18. The standard InChI is InChI=1S/C9H5ClFNO.H2O4S/c10-9-6-4-12-8(13)3-5(6)1-2-7(9)11;1-5(2,3)4/h1-4H,(H,12,13);(H2,1,2,3,4). The molecule has 0 aliphatic carbocycles. The smallest absolute Gasteiger partial charge is 0.328 e. The number of rotatable bonds is 0. The van der Waals surface area contributed by atoms with Crippen LogP contribution in [0.4, 0.5) is 4.39 Å². The van der Waals surface area contributed by atoms with Gasteiger partial charge in [0.05, 0.1) is 5.02 Å². The first-order chi connectivity index (χ1) is 8.18. The van der Waals surface area contributed by atoms with E-state index in [1.54, 1.807) is 0 Å². The summed E-state index contributed by atoms with van der Waals surface area (Å²) in [7, 11) is -4.67. The monoisotopic (exact) mass is 295 g/mol. The van der Waals surface area contributed by atoms with E-state index < -0.39 is 16.2 Å². The zero-order valence-electron chi connectivity index (χ0n) is 8.59. The minimum absolute atomic E-state index is 0.0359. The fraction of sp³-hybridized carbons (Fsp3) is 0. The van der Waals surface area contributed by atoms with Gasteiger partial charge in [-0.3, -0.25) is 13.9 Å². The third-order valence-corrected chi connectivity index (χ3v) is 2.20.